The van der Waals surface area contributed by atoms with Crippen LogP contribution in [0, 0.1) is 13.8 Å². The van der Waals surface area contributed by atoms with E-state index >= 15 is 0 Å². The first-order chi connectivity index (χ1) is 16.6. The standard InChI is InChI=1S/C26H29ClN2O5S/c1-18-9-12-22(13-10-18)35(31,32)29(21-11-14-25(33-4)23(27)15-21)16-26(30)28-20(3)17-34-24-8-6-5-7-19(24)2/h5-15,20H,16-17H2,1-4H3,(H,28,30). The summed E-state index contributed by atoms with van der Waals surface area (Å²) in [6, 6.07) is 18.2. The monoisotopic (exact) mass is 516 g/mol. The van der Waals surface area contributed by atoms with Crippen molar-refractivity contribution in [2.45, 2.75) is 31.7 Å². The summed E-state index contributed by atoms with van der Waals surface area (Å²) in [7, 11) is -2.59. The number of amides is 1. The highest BCUT2D eigenvalue weighted by atomic mass is 35.5. The molecule has 9 heteroatoms. The maximum Gasteiger partial charge on any atom is 0.264 e. The Balaban J connectivity index is 1.81. The molecule has 0 aromatic heterocycles. The highest BCUT2D eigenvalue weighted by molar-refractivity contribution is 7.92. The van der Waals surface area contributed by atoms with Gasteiger partial charge in [0.15, 0.2) is 0 Å². The number of halogens is 1. The van der Waals surface area contributed by atoms with Gasteiger partial charge in [0.1, 0.15) is 24.7 Å². The van der Waals surface area contributed by atoms with Gasteiger partial charge >= 0.3 is 0 Å². The van der Waals surface area contributed by atoms with E-state index in [1.165, 1.54) is 25.3 Å². The van der Waals surface area contributed by atoms with Crippen molar-refractivity contribution in [1.29, 1.82) is 0 Å². The van der Waals surface area contributed by atoms with Gasteiger partial charge in [0.05, 0.1) is 28.8 Å². The lowest BCUT2D eigenvalue weighted by atomic mass is 10.2. The molecule has 0 spiro atoms. The second kappa shape index (κ2) is 11.5. The van der Waals surface area contributed by atoms with Gasteiger partial charge in [-0.25, -0.2) is 8.42 Å². The number of benzene rings is 3. The fourth-order valence-corrected chi connectivity index (χ4v) is 5.05. The number of aryl methyl sites for hydroxylation is 2. The Morgan fingerprint density at radius 1 is 1.03 bits per heavy atom. The minimum Gasteiger partial charge on any atom is -0.495 e. The van der Waals surface area contributed by atoms with Gasteiger partial charge < -0.3 is 14.8 Å². The summed E-state index contributed by atoms with van der Waals surface area (Å²) in [5.74, 6) is 0.646. The van der Waals surface area contributed by atoms with E-state index in [-0.39, 0.29) is 28.3 Å². The van der Waals surface area contributed by atoms with E-state index in [9.17, 15) is 13.2 Å². The number of carbonyl (C=O) groups excluding carboxylic acids is 1. The number of methoxy groups -OCH3 is 1. The zero-order valence-electron chi connectivity index (χ0n) is 20.1. The van der Waals surface area contributed by atoms with E-state index in [0.717, 1.165) is 21.2 Å². The Kier molecular flexibility index (Phi) is 8.64. The lowest BCUT2D eigenvalue weighted by Crippen LogP contribution is -2.45. The van der Waals surface area contributed by atoms with Crippen molar-refractivity contribution in [2.75, 3.05) is 24.6 Å². The van der Waals surface area contributed by atoms with Crippen LogP contribution in [0.5, 0.6) is 11.5 Å². The highest BCUT2D eigenvalue weighted by Gasteiger charge is 2.28. The van der Waals surface area contributed by atoms with Crippen LogP contribution in [0.3, 0.4) is 0 Å². The van der Waals surface area contributed by atoms with E-state index in [1.54, 1.807) is 31.2 Å². The normalized spacial score (nSPS) is 12.0. The van der Waals surface area contributed by atoms with Crippen LogP contribution in [-0.2, 0) is 14.8 Å². The summed E-state index contributed by atoms with van der Waals surface area (Å²) in [5.41, 5.74) is 2.15. The van der Waals surface area contributed by atoms with Crippen molar-refractivity contribution in [3.05, 3.63) is 82.9 Å². The predicted octanol–water partition coefficient (Wildman–Crippen LogP) is 4.74. The van der Waals surface area contributed by atoms with Crippen LogP contribution in [0.2, 0.25) is 5.02 Å². The molecular weight excluding hydrogens is 488 g/mol. The second-order valence-corrected chi connectivity index (χ2v) is 10.5. The van der Waals surface area contributed by atoms with Crippen LogP contribution < -0.4 is 19.1 Å². The van der Waals surface area contributed by atoms with E-state index in [4.69, 9.17) is 21.1 Å². The second-order valence-electron chi connectivity index (χ2n) is 8.19. The minimum atomic E-state index is -4.06. The Labute approximate surface area is 211 Å². The smallest absolute Gasteiger partial charge is 0.264 e. The Hall–Kier alpha value is -3.23. The third kappa shape index (κ3) is 6.68. The molecule has 35 heavy (non-hydrogen) atoms. The molecule has 0 aliphatic rings. The molecule has 0 heterocycles. The number of ether oxygens (including phenoxy) is 2. The summed E-state index contributed by atoms with van der Waals surface area (Å²) in [6.45, 7) is 5.39. The van der Waals surface area contributed by atoms with Crippen molar-refractivity contribution in [3.8, 4) is 11.5 Å². The van der Waals surface area contributed by atoms with Gasteiger partial charge in [0.25, 0.3) is 10.0 Å². The number of para-hydroxylation sites is 1. The van der Waals surface area contributed by atoms with Gasteiger partial charge in [0, 0.05) is 0 Å². The Bertz CT molecular complexity index is 1280. The lowest BCUT2D eigenvalue weighted by molar-refractivity contribution is -0.120. The molecule has 1 unspecified atom stereocenters. The number of rotatable bonds is 10. The maximum atomic E-state index is 13.5. The average molecular weight is 517 g/mol. The molecule has 3 aromatic rings. The van der Waals surface area contributed by atoms with E-state index < -0.39 is 22.5 Å². The van der Waals surface area contributed by atoms with E-state index in [2.05, 4.69) is 5.32 Å². The molecule has 3 aromatic carbocycles. The summed E-state index contributed by atoms with van der Waals surface area (Å²) in [5, 5.41) is 3.04. The van der Waals surface area contributed by atoms with E-state index in [1.807, 2.05) is 38.1 Å². The summed E-state index contributed by atoms with van der Waals surface area (Å²) < 4.78 is 39.1. The number of nitrogens with zero attached hydrogens (tertiary/aromatic N) is 1. The zero-order valence-corrected chi connectivity index (χ0v) is 21.7. The van der Waals surface area contributed by atoms with Crippen LogP contribution in [0.15, 0.2) is 71.6 Å². The minimum absolute atomic E-state index is 0.0683. The number of hydrogen-bond donors (Lipinski definition) is 1. The van der Waals surface area contributed by atoms with Gasteiger partial charge in [-0.3, -0.25) is 9.10 Å². The lowest BCUT2D eigenvalue weighted by Gasteiger charge is -2.25. The quantitative estimate of drug-likeness (QED) is 0.420. The predicted molar refractivity (Wildman–Crippen MR) is 138 cm³/mol. The van der Waals surface area contributed by atoms with Crippen LogP contribution in [0.25, 0.3) is 0 Å². The van der Waals surface area contributed by atoms with Crippen molar-refractivity contribution < 1.29 is 22.7 Å². The third-order valence-corrected chi connectivity index (χ3v) is 7.39. The first kappa shape index (κ1) is 26.4. The molecule has 0 aliphatic carbocycles. The SMILES string of the molecule is COc1ccc(N(CC(=O)NC(C)COc2ccccc2C)S(=O)(=O)c2ccc(C)cc2)cc1Cl. The number of anilines is 1. The van der Waals surface area contributed by atoms with Crippen molar-refractivity contribution in [1.82, 2.24) is 5.32 Å². The average Bonchev–Trinajstić information content (AvgIpc) is 2.82. The first-order valence-corrected chi connectivity index (χ1v) is 12.8. The van der Waals surface area contributed by atoms with Crippen molar-refractivity contribution in [3.63, 3.8) is 0 Å². The maximum absolute atomic E-state index is 13.5. The van der Waals surface area contributed by atoms with Gasteiger partial charge in [-0.15, -0.1) is 0 Å². The molecule has 1 amide bonds. The first-order valence-electron chi connectivity index (χ1n) is 11.0. The zero-order chi connectivity index (χ0) is 25.6. The molecule has 7 nitrogen and oxygen atoms in total. The highest BCUT2D eigenvalue weighted by Crippen LogP contribution is 2.32. The van der Waals surface area contributed by atoms with Crippen LogP contribution in [0.4, 0.5) is 5.69 Å². The third-order valence-electron chi connectivity index (χ3n) is 5.31. The number of sulfonamides is 1. The summed E-state index contributed by atoms with van der Waals surface area (Å²) in [6.07, 6.45) is 0. The molecule has 186 valence electrons. The Morgan fingerprint density at radius 3 is 2.34 bits per heavy atom. The molecule has 0 aliphatic heterocycles. The van der Waals surface area contributed by atoms with Gasteiger partial charge in [0.2, 0.25) is 5.91 Å². The molecule has 0 fully saturated rings. The van der Waals surface area contributed by atoms with Crippen LogP contribution in [-0.4, -0.2) is 40.6 Å². The summed E-state index contributed by atoms with van der Waals surface area (Å²) in [4.78, 5) is 13.0. The molecule has 1 N–H and O–H groups in total. The van der Waals surface area contributed by atoms with Crippen LogP contribution >= 0.6 is 11.6 Å². The fourth-order valence-electron chi connectivity index (χ4n) is 3.39. The Morgan fingerprint density at radius 2 is 1.71 bits per heavy atom. The molecule has 3 rings (SSSR count). The molecule has 0 bridgehead atoms. The summed E-state index contributed by atoms with van der Waals surface area (Å²) >= 11 is 6.26. The van der Waals surface area contributed by atoms with E-state index in [0.29, 0.717) is 5.75 Å². The van der Waals surface area contributed by atoms with Crippen molar-refractivity contribution >= 4 is 33.2 Å². The number of nitrogens with one attached hydrogen (secondary N) is 1. The molecular formula is C26H29ClN2O5S. The molecule has 1 atom stereocenters. The fraction of sp³-hybridized carbons (Fsp3) is 0.269. The van der Waals surface area contributed by atoms with Crippen molar-refractivity contribution in [2.24, 2.45) is 0 Å². The molecule has 0 saturated carbocycles. The number of hydrogen-bond acceptors (Lipinski definition) is 5. The van der Waals surface area contributed by atoms with Gasteiger partial charge in [-0.1, -0.05) is 47.5 Å². The molecule has 0 saturated heterocycles. The van der Waals surface area contributed by atoms with Gasteiger partial charge in [-0.05, 0) is 62.7 Å². The number of carbonyl (C=O) groups is 1. The largest absolute Gasteiger partial charge is 0.495 e. The molecule has 0 radical (unpaired) electrons. The van der Waals surface area contributed by atoms with Crippen LogP contribution in [0.1, 0.15) is 18.1 Å². The van der Waals surface area contributed by atoms with Gasteiger partial charge in [-0.2, -0.15) is 0 Å². The topological polar surface area (TPSA) is 84.9 Å².